The summed E-state index contributed by atoms with van der Waals surface area (Å²) in [5, 5.41) is 0. The number of carbonyl (C=O) groups excluding carboxylic acids is 4. The molecule has 8 unspecified atom stereocenters. The third-order valence-corrected chi connectivity index (χ3v) is 10.8. The highest BCUT2D eigenvalue weighted by molar-refractivity contribution is 5.89. The largest absolute Gasteiger partial charge is 0.462 e. The normalized spacial score (nSPS) is 41.8. The van der Waals surface area contributed by atoms with Crippen LogP contribution in [0.1, 0.15) is 90.9 Å². The molecule has 7 rings (SSSR count). The highest BCUT2D eigenvalue weighted by Crippen LogP contribution is 2.61. The topological polar surface area (TPSA) is 105 Å². The maximum absolute atomic E-state index is 13.1. The lowest BCUT2D eigenvalue weighted by atomic mass is 9.52. The van der Waals surface area contributed by atoms with Crippen LogP contribution in [0, 0.1) is 35.5 Å². The van der Waals surface area contributed by atoms with Gasteiger partial charge in [-0.1, -0.05) is 13.2 Å². The molecule has 0 aliphatic heterocycles. The molecular formula is C32H42O8. The fourth-order valence-corrected chi connectivity index (χ4v) is 10.0. The standard InChI is InChI=1S/C32H42O8/c1-17(2)29(35)38-25-7-6-23-24-10-22(28(23)25)11-26(24)37-27(34)8-5-18(3)30(36)40-32-14-20-9-21(15-32)13-31(12-20,16-32)39-19(4)33/h20-26,28H,1,3,5-16H2,2,4H3. The predicted octanol–water partition coefficient (Wildman–Crippen LogP) is 4.99. The van der Waals surface area contributed by atoms with Crippen LogP contribution in [-0.4, -0.2) is 47.3 Å². The van der Waals surface area contributed by atoms with Gasteiger partial charge in [0.2, 0.25) is 0 Å². The van der Waals surface area contributed by atoms with Gasteiger partial charge in [-0.15, -0.1) is 0 Å². The Morgan fingerprint density at radius 2 is 1.43 bits per heavy atom. The van der Waals surface area contributed by atoms with Crippen molar-refractivity contribution in [1.82, 2.24) is 0 Å². The summed E-state index contributed by atoms with van der Waals surface area (Å²) in [6.07, 6.45) is 8.70. The van der Waals surface area contributed by atoms with Crippen LogP contribution in [0.3, 0.4) is 0 Å². The van der Waals surface area contributed by atoms with Gasteiger partial charge in [-0.25, -0.2) is 9.59 Å². The minimum atomic E-state index is -0.614. The zero-order chi connectivity index (χ0) is 28.4. The van der Waals surface area contributed by atoms with Gasteiger partial charge in [-0.3, -0.25) is 9.59 Å². The first-order valence-electron chi connectivity index (χ1n) is 15.1. The molecule has 0 N–H and O–H groups in total. The van der Waals surface area contributed by atoms with E-state index in [0.29, 0.717) is 47.5 Å². The average Bonchev–Trinajstić information content (AvgIpc) is 3.53. The van der Waals surface area contributed by atoms with E-state index in [9.17, 15) is 19.2 Å². The molecule has 8 nitrogen and oxygen atoms in total. The first-order chi connectivity index (χ1) is 18.9. The molecular weight excluding hydrogens is 512 g/mol. The maximum atomic E-state index is 13.1. The van der Waals surface area contributed by atoms with Gasteiger partial charge in [0.15, 0.2) is 0 Å². The van der Waals surface area contributed by atoms with E-state index in [2.05, 4.69) is 13.2 Å². The lowest BCUT2D eigenvalue weighted by Crippen LogP contribution is -2.61. The summed E-state index contributed by atoms with van der Waals surface area (Å²) < 4.78 is 23.6. The lowest BCUT2D eigenvalue weighted by molar-refractivity contribution is -0.228. The molecule has 8 atom stereocenters. The summed E-state index contributed by atoms with van der Waals surface area (Å²) in [7, 11) is 0. The Balaban J connectivity index is 0.979. The summed E-state index contributed by atoms with van der Waals surface area (Å²) in [6.45, 7) is 10.7. The first kappa shape index (κ1) is 27.5. The number of carbonyl (C=O) groups is 4. The van der Waals surface area contributed by atoms with Gasteiger partial charge in [0.05, 0.1) is 0 Å². The van der Waals surface area contributed by atoms with Crippen molar-refractivity contribution >= 4 is 23.9 Å². The summed E-state index contributed by atoms with van der Waals surface area (Å²) >= 11 is 0. The van der Waals surface area contributed by atoms with Crippen LogP contribution >= 0.6 is 0 Å². The molecule has 0 aromatic heterocycles. The number of rotatable bonds is 9. The number of hydrogen-bond acceptors (Lipinski definition) is 8. The van der Waals surface area contributed by atoms with Gasteiger partial charge in [0.1, 0.15) is 23.4 Å². The molecule has 7 saturated carbocycles. The van der Waals surface area contributed by atoms with Gasteiger partial charge in [0, 0.05) is 36.8 Å². The second-order valence-electron chi connectivity index (χ2n) is 13.9. The summed E-state index contributed by atoms with van der Waals surface area (Å²) in [6, 6.07) is 0. The Labute approximate surface area is 236 Å². The van der Waals surface area contributed by atoms with Gasteiger partial charge < -0.3 is 18.9 Å². The van der Waals surface area contributed by atoms with Crippen molar-refractivity contribution in [1.29, 1.82) is 0 Å². The molecule has 0 heterocycles. The highest BCUT2D eigenvalue weighted by Gasteiger charge is 2.62. The van der Waals surface area contributed by atoms with Crippen LogP contribution in [0.25, 0.3) is 0 Å². The Bertz CT molecular complexity index is 1120. The molecule has 7 aliphatic carbocycles. The van der Waals surface area contributed by atoms with E-state index >= 15 is 0 Å². The lowest BCUT2D eigenvalue weighted by Gasteiger charge is -2.60. The van der Waals surface area contributed by atoms with E-state index in [1.807, 2.05) is 0 Å². The molecule has 7 fully saturated rings. The van der Waals surface area contributed by atoms with Crippen LogP contribution in [0.5, 0.6) is 0 Å². The zero-order valence-corrected chi connectivity index (χ0v) is 23.8. The predicted molar refractivity (Wildman–Crippen MR) is 143 cm³/mol. The van der Waals surface area contributed by atoms with Crippen LogP contribution in [0.4, 0.5) is 0 Å². The molecule has 0 amide bonds. The van der Waals surface area contributed by atoms with Gasteiger partial charge in [-0.2, -0.15) is 0 Å². The molecule has 40 heavy (non-hydrogen) atoms. The molecule has 0 spiro atoms. The van der Waals surface area contributed by atoms with Crippen LogP contribution < -0.4 is 0 Å². The van der Waals surface area contributed by atoms with Gasteiger partial charge in [-0.05, 0) is 101 Å². The number of ether oxygens (including phenoxy) is 4. The molecule has 218 valence electrons. The first-order valence-corrected chi connectivity index (χ1v) is 15.1. The molecule has 8 heteroatoms. The minimum absolute atomic E-state index is 0.0620. The Kier molecular flexibility index (Phi) is 6.89. The Morgan fingerprint density at radius 3 is 2.08 bits per heavy atom. The van der Waals surface area contributed by atoms with Gasteiger partial charge >= 0.3 is 23.9 Å². The summed E-state index contributed by atoms with van der Waals surface area (Å²) in [5.74, 6) is 0.894. The van der Waals surface area contributed by atoms with Crippen molar-refractivity contribution in [2.24, 2.45) is 35.5 Å². The van der Waals surface area contributed by atoms with Crippen molar-refractivity contribution in [2.45, 2.75) is 114 Å². The van der Waals surface area contributed by atoms with E-state index in [4.69, 9.17) is 18.9 Å². The number of fused-ring (bicyclic) bond motifs is 5. The number of esters is 4. The fourth-order valence-electron chi connectivity index (χ4n) is 10.0. The van der Waals surface area contributed by atoms with Crippen molar-refractivity contribution in [3.63, 3.8) is 0 Å². The molecule has 0 radical (unpaired) electrons. The Hall–Kier alpha value is -2.64. The van der Waals surface area contributed by atoms with E-state index in [-0.39, 0.29) is 48.5 Å². The molecule has 0 saturated heterocycles. The van der Waals surface area contributed by atoms with Crippen molar-refractivity contribution in [2.75, 3.05) is 0 Å². The van der Waals surface area contributed by atoms with E-state index in [1.54, 1.807) is 6.92 Å². The minimum Gasteiger partial charge on any atom is -0.462 e. The monoisotopic (exact) mass is 554 g/mol. The Morgan fingerprint density at radius 1 is 0.750 bits per heavy atom. The van der Waals surface area contributed by atoms with Crippen molar-refractivity contribution in [3.8, 4) is 0 Å². The van der Waals surface area contributed by atoms with E-state index < -0.39 is 17.2 Å². The maximum Gasteiger partial charge on any atom is 0.333 e. The van der Waals surface area contributed by atoms with Crippen molar-refractivity contribution in [3.05, 3.63) is 24.3 Å². The highest BCUT2D eigenvalue weighted by atomic mass is 16.6. The van der Waals surface area contributed by atoms with Crippen LogP contribution in [0.2, 0.25) is 0 Å². The molecule has 0 aromatic carbocycles. The van der Waals surface area contributed by atoms with Crippen molar-refractivity contribution < 1.29 is 38.1 Å². The van der Waals surface area contributed by atoms with Crippen LogP contribution in [0.15, 0.2) is 24.3 Å². The molecule has 0 aromatic rings. The third kappa shape index (κ3) is 5.00. The fraction of sp³-hybridized carbons (Fsp3) is 0.750. The quantitative estimate of drug-likeness (QED) is 0.223. The zero-order valence-electron chi connectivity index (χ0n) is 23.8. The van der Waals surface area contributed by atoms with Crippen LogP contribution in [-0.2, 0) is 38.1 Å². The second-order valence-corrected chi connectivity index (χ2v) is 13.9. The van der Waals surface area contributed by atoms with E-state index in [1.165, 1.54) is 6.92 Å². The van der Waals surface area contributed by atoms with E-state index in [0.717, 1.165) is 57.8 Å². The smallest absolute Gasteiger partial charge is 0.333 e. The van der Waals surface area contributed by atoms with Gasteiger partial charge in [0.25, 0.3) is 0 Å². The number of hydrogen-bond donors (Lipinski definition) is 0. The SMILES string of the molecule is C=C(C)C(=O)OC1CCC2C3CC(CC3OC(=O)CCC(=C)C(=O)OC34CC5CC(CC(OC(C)=O)(C5)C3)C4)C12. The molecule has 7 aliphatic rings. The average molecular weight is 555 g/mol. The summed E-state index contributed by atoms with van der Waals surface area (Å²) in [4.78, 5) is 49.7. The second kappa shape index (κ2) is 10.0. The third-order valence-electron chi connectivity index (χ3n) is 10.8. The summed E-state index contributed by atoms with van der Waals surface area (Å²) in [5.41, 5.74) is -0.433. The molecule has 6 bridgehead atoms.